The van der Waals surface area contributed by atoms with Gasteiger partial charge in [-0.25, -0.2) is 5.43 Å². The molecule has 0 fully saturated rings. The quantitative estimate of drug-likeness (QED) is 0.492. The predicted molar refractivity (Wildman–Crippen MR) is 108 cm³/mol. The summed E-state index contributed by atoms with van der Waals surface area (Å²) < 4.78 is 7.78. The first-order valence-electron chi connectivity index (χ1n) is 7.77. The molecule has 0 spiro atoms. The van der Waals surface area contributed by atoms with Crippen LogP contribution in [0.3, 0.4) is 0 Å². The van der Waals surface area contributed by atoms with Crippen molar-refractivity contribution in [2.75, 3.05) is 7.11 Å². The van der Waals surface area contributed by atoms with Gasteiger partial charge in [-0.3, -0.25) is 9.59 Å². The molecule has 0 aliphatic rings. The Morgan fingerprint density at radius 1 is 1.37 bits per heavy atom. The van der Waals surface area contributed by atoms with E-state index >= 15 is 0 Å². The number of nitrogens with zero attached hydrogens (tertiary/aromatic N) is 3. The first-order chi connectivity index (χ1) is 12.9. The molecule has 0 atom stereocenters. The minimum absolute atomic E-state index is 0.0551. The summed E-state index contributed by atoms with van der Waals surface area (Å²) in [5.74, 6) is -0.483. The van der Waals surface area contributed by atoms with Crippen LogP contribution in [0, 0.1) is 18.3 Å². The van der Waals surface area contributed by atoms with Crippen molar-refractivity contribution in [1.82, 2.24) is 9.99 Å². The number of benzene rings is 1. The van der Waals surface area contributed by atoms with E-state index in [0.29, 0.717) is 15.7 Å². The molecule has 1 aromatic heterocycles. The number of nitriles is 1. The normalized spacial score (nSPS) is 10.8. The van der Waals surface area contributed by atoms with Crippen molar-refractivity contribution in [3.63, 3.8) is 0 Å². The number of ether oxygens (including phenoxy) is 1. The van der Waals surface area contributed by atoms with E-state index in [1.54, 1.807) is 6.92 Å². The molecule has 1 heterocycles. The molecule has 0 aliphatic heterocycles. The number of amides is 1. The molecule has 1 N–H and O–H groups in total. The lowest BCUT2D eigenvalue weighted by atomic mass is 10.1. The zero-order valence-corrected chi connectivity index (χ0v) is 17.8. The van der Waals surface area contributed by atoms with Gasteiger partial charge in [0.1, 0.15) is 18.2 Å². The van der Waals surface area contributed by atoms with Gasteiger partial charge >= 0.3 is 0 Å². The third-order valence-electron chi connectivity index (χ3n) is 3.72. The molecule has 1 amide bonds. The maximum atomic E-state index is 12.6. The van der Waals surface area contributed by atoms with Crippen molar-refractivity contribution in [3.05, 3.63) is 65.9 Å². The van der Waals surface area contributed by atoms with Gasteiger partial charge in [-0.05, 0) is 40.5 Å². The number of aromatic nitrogens is 1. The lowest BCUT2D eigenvalue weighted by molar-refractivity contribution is -0.121. The van der Waals surface area contributed by atoms with Crippen molar-refractivity contribution >= 4 is 44.0 Å². The maximum Gasteiger partial charge on any atom is 0.269 e. The second kappa shape index (κ2) is 9.60. The van der Waals surface area contributed by atoms with Gasteiger partial charge in [0.2, 0.25) is 0 Å². The second-order valence-corrected chi connectivity index (χ2v) is 7.24. The van der Waals surface area contributed by atoms with E-state index in [1.165, 1.54) is 17.9 Å². The summed E-state index contributed by atoms with van der Waals surface area (Å²) in [6.07, 6.45) is 1.50. The van der Waals surface area contributed by atoms with Crippen LogP contribution in [-0.4, -0.2) is 23.8 Å². The molecule has 2 rings (SSSR count). The van der Waals surface area contributed by atoms with E-state index in [-0.39, 0.29) is 18.7 Å². The highest BCUT2D eigenvalue weighted by atomic mass is 79.9. The zero-order valence-electron chi connectivity index (χ0n) is 14.6. The van der Waals surface area contributed by atoms with Crippen LogP contribution in [-0.2, 0) is 22.7 Å². The number of hydrazone groups is 1. The molecule has 0 saturated carbocycles. The van der Waals surface area contributed by atoms with Crippen molar-refractivity contribution < 1.29 is 9.53 Å². The lowest BCUT2D eigenvalue weighted by Crippen LogP contribution is -2.33. The van der Waals surface area contributed by atoms with Crippen LogP contribution < -0.4 is 11.0 Å². The van der Waals surface area contributed by atoms with E-state index < -0.39 is 11.5 Å². The number of halogens is 2. The molecular formula is C18H16Br2N4O3. The van der Waals surface area contributed by atoms with Crippen LogP contribution in [0.25, 0.3) is 0 Å². The number of rotatable bonds is 6. The molecule has 9 heteroatoms. The van der Waals surface area contributed by atoms with Crippen LogP contribution >= 0.6 is 31.9 Å². The third kappa shape index (κ3) is 5.13. The Balaban J connectivity index is 2.20. The highest BCUT2D eigenvalue weighted by Crippen LogP contribution is 2.23. The Bertz CT molecular complexity index is 976. The van der Waals surface area contributed by atoms with Gasteiger partial charge in [0.25, 0.3) is 11.5 Å². The summed E-state index contributed by atoms with van der Waals surface area (Å²) in [7, 11) is 1.48. The van der Waals surface area contributed by atoms with Crippen LogP contribution in [0.5, 0.6) is 0 Å². The Hall–Kier alpha value is -2.28. The van der Waals surface area contributed by atoms with E-state index in [9.17, 15) is 14.9 Å². The van der Waals surface area contributed by atoms with Crippen molar-refractivity contribution in [2.24, 2.45) is 5.10 Å². The SMILES string of the molecule is COCc1c(Br)c(C)n(CC(=O)N/N=C/c2ccc(Br)cc2)c(=O)c1C#N. The number of hydrogen-bond acceptors (Lipinski definition) is 5. The van der Waals surface area contributed by atoms with Gasteiger partial charge in [0.05, 0.1) is 12.8 Å². The van der Waals surface area contributed by atoms with Crippen molar-refractivity contribution in [1.29, 1.82) is 5.26 Å². The fourth-order valence-corrected chi connectivity index (χ4v) is 3.15. The third-order valence-corrected chi connectivity index (χ3v) is 5.30. The van der Waals surface area contributed by atoms with Gasteiger partial charge in [-0.15, -0.1) is 0 Å². The summed E-state index contributed by atoms with van der Waals surface area (Å²) >= 11 is 6.72. The highest BCUT2D eigenvalue weighted by molar-refractivity contribution is 9.10. The van der Waals surface area contributed by atoms with E-state index in [1.807, 2.05) is 30.3 Å². The topological polar surface area (TPSA) is 96.5 Å². The van der Waals surface area contributed by atoms with Crippen LogP contribution in [0.1, 0.15) is 22.4 Å². The molecule has 7 nitrogen and oxygen atoms in total. The second-order valence-electron chi connectivity index (χ2n) is 5.53. The summed E-state index contributed by atoms with van der Waals surface area (Å²) in [6.45, 7) is 1.54. The number of pyridine rings is 1. The molecule has 27 heavy (non-hydrogen) atoms. The van der Waals surface area contributed by atoms with Crippen molar-refractivity contribution in [2.45, 2.75) is 20.1 Å². The molecule has 0 bridgehead atoms. The number of carbonyl (C=O) groups is 1. The molecule has 0 aliphatic carbocycles. The Labute approximate surface area is 172 Å². The Morgan fingerprint density at radius 2 is 2.04 bits per heavy atom. The summed E-state index contributed by atoms with van der Waals surface area (Å²) in [4.78, 5) is 24.7. The summed E-state index contributed by atoms with van der Waals surface area (Å²) in [6, 6.07) is 9.27. The van der Waals surface area contributed by atoms with E-state index in [4.69, 9.17) is 4.74 Å². The minimum atomic E-state index is -0.544. The van der Waals surface area contributed by atoms with Gasteiger partial charge in [-0.2, -0.15) is 10.4 Å². The first kappa shape index (κ1) is 21.0. The van der Waals surface area contributed by atoms with Gasteiger partial charge in [-0.1, -0.05) is 28.1 Å². The number of carbonyl (C=O) groups excluding carboxylic acids is 1. The smallest absolute Gasteiger partial charge is 0.269 e. The molecule has 0 radical (unpaired) electrons. The molecule has 2 aromatic rings. The molecule has 140 valence electrons. The van der Waals surface area contributed by atoms with E-state index in [0.717, 1.165) is 10.0 Å². The van der Waals surface area contributed by atoms with Crippen LogP contribution in [0.15, 0.2) is 43.1 Å². The molecule has 0 saturated heterocycles. The lowest BCUT2D eigenvalue weighted by Gasteiger charge is -2.15. The fourth-order valence-electron chi connectivity index (χ4n) is 2.36. The monoisotopic (exact) mass is 494 g/mol. The van der Waals surface area contributed by atoms with Gasteiger partial charge < -0.3 is 9.30 Å². The van der Waals surface area contributed by atoms with Crippen LogP contribution in [0.2, 0.25) is 0 Å². The Kier molecular flexibility index (Phi) is 7.47. The largest absolute Gasteiger partial charge is 0.380 e. The summed E-state index contributed by atoms with van der Waals surface area (Å²) in [5, 5.41) is 13.2. The summed E-state index contributed by atoms with van der Waals surface area (Å²) in [5.41, 5.74) is 3.58. The molecular weight excluding hydrogens is 480 g/mol. The highest BCUT2D eigenvalue weighted by Gasteiger charge is 2.19. The average molecular weight is 496 g/mol. The minimum Gasteiger partial charge on any atom is -0.380 e. The Morgan fingerprint density at radius 3 is 2.63 bits per heavy atom. The zero-order chi connectivity index (χ0) is 20.0. The van der Waals surface area contributed by atoms with E-state index in [2.05, 4.69) is 42.4 Å². The predicted octanol–water partition coefficient (Wildman–Crippen LogP) is 2.85. The molecule has 0 unspecified atom stereocenters. The van der Waals surface area contributed by atoms with Crippen molar-refractivity contribution in [3.8, 4) is 6.07 Å². The average Bonchev–Trinajstić information content (AvgIpc) is 2.65. The van der Waals surface area contributed by atoms with Gasteiger partial charge in [0.15, 0.2) is 0 Å². The number of methoxy groups -OCH3 is 1. The fraction of sp³-hybridized carbons (Fsp3) is 0.222. The van der Waals surface area contributed by atoms with Gasteiger partial charge in [0, 0.05) is 27.3 Å². The number of hydrogen-bond donors (Lipinski definition) is 1. The molecule has 1 aromatic carbocycles. The maximum absolute atomic E-state index is 12.6. The first-order valence-corrected chi connectivity index (χ1v) is 9.36. The standard InChI is InChI=1S/C18H16Br2N4O3/c1-11-17(20)15(10-27-2)14(7-21)18(26)24(11)9-16(25)23-22-8-12-3-5-13(19)6-4-12/h3-6,8H,9-10H2,1-2H3,(H,23,25)/b22-8+. The number of nitrogens with one attached hydrogen (secondary N) is 1. The van der Waals surface area contributed by atoms with Crippen LogP contribution in [0.4, 0.5) is 0 Å².